The average Bonchev–Trinajstić information content (AvgIpc) is 3.70. The number of rotatable bonds is 3. The molecule has 9 nitrogen and oxygen atoms in total. The molecule has 0 spiro atoms. The quantitative estimate of drug-likeness (QED) is 0.178. The van der Waals surface area contributed by atoms with E-state index in [2.05, 4.69) is 98.0 Å². The van der Waals surface area contributed by atoms with Gasteiger partial charge in [0, 0.05) is 61.9 Å². The zero-order valence-corrected chi connectivity index (χ0v) is 26.3. The molecule has 7 heterocycles. The fraction of sp³-hybridized carbons (Fsp3) is 0. The molecule has 0 fully saturated rings. The van der Waals surface area contributed by atoms with E-state index in [1.165, 1.54) is 0 Å². The fourth-order valence-electron chi connectivity index (χ4n) is 7.36. The third-order valence-electron chi connectivity index (χ3n) is 9.57. The van der Waals surface area contributed by atoms with Gasteiger partial charge in [0.2, 0.25) is 5.95 Å². The lowest BCUT2D eigenvalue weighted by Gasteiger charge is -2.14. The van der Waals surface area contributed by atoms with Crippen molar-refractivity contribution in [1.29, 1.82) is 0 Å². The summed E-state index contributed by atoms with van der Waals surface area (Å²) in [6.45, 7) is 0. The normalized spacial score (nSPS) is 12.0. The van der Waals surface area contributed by atoms with Gasteiger partial charge in [-0.2, -0.15) is 0 Å². The van der Waals surface area contributed by atoms with Gasteiger partial charge in [-0.15, -0.1) is 0 Å². The van der Waals surface area contributed by atoms with Crippen LogP contribution in [0.4, 0.5) is 0 Å². The SMILES string of the molecule is c1ccc2c(c1)c1cccnc1n2-c1ccc2ccc3c(-c4ccc5ncncc5c4)nc(-n4c5ccccc5c5cccnc54)nc3c2n1. The molecule has 0 radical (unpaired) electrons. The third-order valence-corrected chi connectivity index (χ3v) is 9.57. The second-order valence-electron chi connectivity index (χ2n) is 12.3. The van der Waals surface area contributed by atoms with E-state index in [9.17, 15) is 0 Å². The van der Waals surface area contributed by atoms with Gasteiger partial charge in [-0.3, -0.25) is 9.13 Å². The van der Waals surface area contributed by atoms with Gasteiger partial charge in [0.05, 0.1) is 27.8 Å². The Hall–Kier alpha value is -7.13. The highest BCUT2D eigenvalue weighted by molar-refractivity contribution is 6.11. The summed E-state index contributed by atoms with van der Waals surface area (Å²) in [6, 6.07) is 39.3. The Labute approximate surface area is 283 Å². The van der Waals surface area contributed by atoms with Crippen molar-refractivity contribution >= 4 is 76.6 Å². The summed E-state index contributed by atoms with van der Waals surface area (Å²) in [6.07, 6.45) is 7.04. The van der Waals surface area contributed by atoms with Crippen LogP contribution in [0.15, 0.2) is 140 Å². The molecule has 0 saturated heterocycles. The van der Waals surface area contributed by atoms with Gasteiger partial charge < -0.3 is 0 Å². The highest BCUT2D eigenvalue weighted by Crippen LogP contribution is 2.36. The molecule has 11 aromatic rings. The lowest BCUT2D eigenvalue weighted by molar-refractivity contribution is 0.997. The number of para-hydroxylation sites is 2. The van der Waals surface area contributed by atoms with E-state index in [0.29, 0.717) is 5.95 Å². The minimum Gasteiger partial charge on any atom is -0.278 e. The molecule has 0 N–H and O–H groups in total. The molecule has 4 aromatic carbocycles. The fourth-order valence-corrected chi connectivity index (χ4v) is 7.36. The van der Waals surface area contributed by atoms with Crippen LogP contribution in [0.3, 0.4) is 0 Å². The Morgan fingerprint density at radius 2 is 1.18 bits per heavy atom. The van der Waals surface area contributed by atoms with E-state index in [1.54, 1.807) is 6.33 Å². The largest absolute Gasteiger partial charge is 0.278 e. The first kappa shape index (κ1) is 26.9. The van der Waals surface area contributed by atoms with Gasteiger partial charge in [0.25, 0.3) is 0 Å². The number of hydrogen-bond donors (Lipinski definition) is 0. The summed E-state index contributed by atoms with van der Waals surface area (Å²) >= 11 is 0. The second kappa shape index (κ2) is 10.2. The summed E-state index contributed by atoms with van der Waals surface area (Å²) < 4.78 is 4.18. The predicted octanol–water partition coefficient (Wildman–Crippen LogP) is 8.77. The van der Waals surface area contributed by atoms with Crippen LogP contribution in [-0.2, 0) is 0 Å². The van der Waals surface area contributed by atoms with Crippen molar-refractivity contribution in [3.05, 3.63) is 140 Å². The number of aromatic nitrogens is 9. The van der Waals surface area contributed by atoms with Gasteiger partial charge in [0.1, 0.15) is 29.0 Å². The topological polar surface area (TPSA) is 100 Å². The average molecular weight is 642 g/mol. The van der Waals surface area contributed by atoms with Crippen LogP contribution in [0, 0.1) is 0 Å². The molecule has 50 heavy (non-hydrogen) atoms. The van der Waals surface area contributed by atoms with Crippen LogP contribution in [-0.4, -0.2) is 44.0 Å². The maximum Gasteiger partial charge on any atom is 0.237 e. The lowest BCUT2D eigenvalue weighted by atomic mass is 10.0. The van der Waals surface area contributed by atoms with Crippen molar-refractivity contribution in [3.63, 3.8) is 0 Å². The van der Waals surface area contributed by atoms with Crippen LogP contribution in [0.2, 0.25) is 0 Å². The molecular formula is C41H23N9. The lowest BCUT2D eigenvalue weighted by Crippen LogP contribution is -2.05. The molecule has 0 bridgehead atoms. The van der Waals surface area contributed by atoms with Crippen molar-refractivity contribution in [1.82, 2.24) is 44.0 Å². The number of hydrogen-bond acceptors (Lipinski definition) is 7. The van der Waals surface area contributed by atoms with Crippen LogP contribution >= 0.6 is 0 Å². The summed E-state index contributed by atoms with van der Waals surface area (Å²) in [5.74, 6) is 1.28. The number of nitrogens with zero attached hydrogens (tertiary/aromatic N) is 9. The van der Waals surface area contributed by atoms with Gasteiger partial charge in [-0.05, 0) is 66.7 Å². The molecule has 7 aromatic heterocycles. The van der Waals surface area contributed by atoms with Crippen molar-refractivity contribution in [2.75, 3.05) is 0 Å². The van der Waals surface area contributed by atoms with Gasteiger partial charge in [0.15, 0.2) is 0 Å². The maximum atomic E-state index is 5.37. The molecule has 9 heteroatoms. The summed E-state index contributed by atoms with van der Waals surface area (Å²) in [4.78, 5) is 34.4. The van der Waals surface area contributed by atoms with Gasteiger partial charge in [-0.25, -0.2) is 34.9 Å². The Kier molecular flexibility index (Phi) is 5.48. The molecule has 0 unspecified atom stereocenters. The first-order valence-corrected chi connectivity index (χ1v) is 16.3. The Bertz CT molecular complexity index is 3070. The molecule has 11 rings (SSSR count). The van der Waals surface area contributed by atoms with Crippen molar-refractivity contribution in [2.45, 2.75) is 0 Å². The smallest absolute Gasteiger partial charge is 0.237 e. The zero-order valence-electron chi connectivity index (χ0n) is 26.3. The first-order chi connectivity index (χ1) is 24.8. The maximum absolute atomic E-state index is 5.37. The van der Waals surface area contributed by atoms with Crippen LogP contribution in [0.1, 0.15) is 0 Å². The van der Waals surface area contributed by atoms with E-state index in [-0.39, 0.29) is 0 Å². The van der Waals surface area contributed by atoms with Crippen molar-refractivity contribution < 1.29 is 0 Å². The standard InChI is InChI=1S/C41H23N9/c1-3-11-33-27(7-1)29-9-5-19-43-39(29)49(33)35-18-15-24-13-16-31-36(25-14-17-32-26(21-25)22-42-23-45-32)47-41(48-38(31)37(24)46-35)50-34-12-4-2-8-28(34)30-10-6-20-44-40(30)50/h1-23H. The predicted molar refractivity (Wildman–Crippen MR) is 198 cm³/mol. The van der Waals surface area contributed by atoms with Crippen molar-refractivity contribution in [3.8, 4) is 23.0 Å². The van der Waals surface area contributed by atoms with E-state index in [1.807, 2.05) is 55.0 Å². The van der Waals surface area contributed by atoms with Gasteiger partial charge in [-0.1, -0.05) is 48.5 Å². The van der Waals surface area contributed by atoms with E-state index in [0.717, 1.165) is 93.7 Å². The highest BCUT2D eigenvalue weighted by atomic mass is 15.2. The summed E-state index contributed by atoms with van der Waals surface area (Å²) in [7, 11) is 0. The number of fused-ring (bicyclic) bond motifs is 10. The second-order valence-corrected chi connectivity index (χ2v) is 12.3. The summed E-state index contributed by atoms with van der Waals surface area (Å²) in [5, 5.41) is 7.11. The van der Waals surface area contributed by atoms with E-state index in [4.69, 9.17) is 24.9 Å². The van der Waals surface area contributed by atoms with Crippen LogP contribution < -0.4 is 0 Å². The minimum absolute atomic E-state index is 0.514. The molecule has 0 atom stereocenters. The zero-order chi connectivity index (χ0) is 32.8. The molecule has 232 valence electrons. The van der Waals surface area contributed by atoms with Crippen LogP contribution in [0.5, 0.6) is 0 Å². The highest BCUT2D eigenvalue weighted by Gasteiger charge is 2.21. The van der Waals surface area contributed by atoms with E-state index >= 15 is 0 Å². The van der Waals surface area contributed by atoms with E-state index < -0.39 is 0 Å². The molecule has 0 saturated carbocycles. The third kappa shape index (κ3) is 3.79. The minimum atomic E-state index is 0.514. The Balaban J connectivity index is 1.26. The Morgan fingerprint density at radius 3 is 1.98 bits per heavy atom. The number of pyridine rings is 3. The molecule has 0 aliphatic heterocycles. The molecular weight excluding hydrogens is 619 g/mol. The molecule has 0 amide bonds. The van der Waals surface area contributed by atoms with Crippen LogP contribution in [0.25, 0.3) is 99.6 Å². The van der Waals surface area contributed by atoms with Gasteiger partial charge >= 0.3 is 0 Å². The first-order valence-electron chi connectivity index (χ1n) is 16.3. The Morgan fingerprint density at radius 1 is 0.480 bits per heavy atom. The summed E-state index contributed by atoms with van der Waals surface area (Å²) in [5.41, 5.74) is 7.74. The molecule has 0 aliphatic rings. The number of benzene rings is 4. The molecule has 0 aliphatic carbocycles. The van der Waals surface area contributed by atoms with Crippen molar-refractivity contribution in [2.24, 2.45) is 0 Å². The monoisotopic (exact) mass is 641 g/mol.